The van der Waals surface area contributed by atoms with Gasteiger partial charge in [-0.3, -0.25) is 4.79 Å². The van der Waals surface area contributed by atoms with Crippen LogP contribution in [0.1, 0.15) is 35.7 Å². The van der Waals surface area contributed by atoms with Crippen LogP contribution in [-0.2, 0) is 5.60 Å². The second-order valence-electron chi connectivity index (χ2n) is 6.43. The van der Waals surface area contributed by atoms with Crippen LogP contribution in [0.15, 0.2) is 51.9 Å². The Morgan fingerprint density at radius 3 is 2.39 bits per heavy atom. The number of aliphatic imine (C=N–C) groups is 1. The number of aliphatic hydroxyl groups is 1. The molecule has 1 aromatic heterocycles. The fourth-order valence-electron chi connectivity index (χ4n) is 2.43. The van der Waals surface area contributed by atoms with Crippen molar-refractivity contribution in [3.8, 4) is 0 Å². The summed E-state index contributed by atoms with van der Waals surface area (Å²) in [7, 11) is 0. The molecule has 28 heavy (non-hydrogen) atoms. The van der Waals surface area contributed by atoms with Crippen molar-refractivity contribution in [2.24, 2.45) is 4.99 Å². The summed E-state index contributed by atoms with van der Waals surface area (Å²) in [5.41, 5.74) is -0.569. The summed E-state index contributed by atoms with van der Waals surface area (Å²) in [6, 6.07) is 12.6. The van der Waals surface area contributed by atoms with Crippen LogP contribution in [0, 0.1) is 6.92 Å². The zero-order chi connectivity index (χ0) is 19.7. The highest BCUT2D eigenvalue weighted by atomic mass is 127. The summed E-state index contributed by atoms with van der Waals surface area (Å²) >= 11 is 0. The molecular weight excluding hydrogens is 471 g/mol. The molecule has 2 rings (SSSR count). The van der Waals surface area contributed by atoms with Gasteiger partial charge in [-0.25, -0.2) is 4.99 Å². The number of hydrogen-bond acceptors (Lipinski definition) is 4. The summed E-state index contributed by atoms with van der Waals surface area (Å²) in [5, 5.41) is 19.7. The summed E-state index contributed by atoms with van der Waals surface area (Å²) in [4.78, 5) is 16.4. The van der Waals surface area contributed by atoms with Crippen molar-refractivity contribution in [1.82, 2.24) is 16.0 Å². The molecule has 0 saturated heterocycles. The fourth-order valence-corrected chi connectivity index (χ4v) is 2.43. The van der Waals surface area contributed by atoms with Gasteiger partial charge in [-0.05, 0) is 45.0 Å². The van der Waals surface area contributed by atoms with E-state index in [2.05, 4.69) is 20.9 Å². The van der Waals surface area contributed by atoms with Gasteiger partial charge in [-0.2, -0.15) is 0 Å². The van der Waals surface area contributed by atoms with Gasteiger partial charge in [-0.1, -0.05) is 18.2 Å². The summed E-state index contributed by atoms with van der Waals surface area (Å²) in [6.45, 7) is 7.24. The minimum atomic E-state index is -1.20. The molecule has 0 aliphatic heterocycles. The molecule has 0 aliphatic carbocycles. The Morgan fingerprint density at radius 2 is 1.79 bits per heavy atom. The third-order valence-corrected chi connectivity index (χ3v) is 3.90. The zero-order valence-electron chi connectivity index (χ0n) is 16.5. The minimum Gasteiger partial charge on any atom is -0.463 e. The first kappa shape index (κ1) is 24.0. The molecule has 7 nitrogen and oxygen atoms in total. The van der Waals surface area contributed by atoms with Gasteiger partial charge in [-0.15, -0.1) is 24.0 Å². The van der Waals surface area contributed by atoms with Crippen molar-refractivity contribution in [3.05, 3.63) is 59.5 Å². The van der Waals surface area contributed by atoms with E-state index in [4.69, 9.17) is 4.42 Å². The first-order valence-electron chi connectivity index (χ1n) is 9.07. The second-order valence-corrected chi connectivity index (χ2v) is 6.43. The van der Waals surface area contributed by atoms with E-state index in [9.17, 15) is 9.90 Å². The van der Waals surface area contributed by atoms with Crippen LogP contribution in [-0.4, -0.2) is 43.2 Å². The topological polar surface area (TPSA) is 98.9 Å². The zero-order valence-corrected chi connectivity index (χ0v) is 18.8. The number of carbonyl (C=O) groups excluding carboxylic acids is 1. The largest absolute Gasteiger partial charge is 0.463 e. The molecule has 1 amide bonds. The molecule has 154 valence electrons. The van der Waals surface area contributed by atoms with Crippen LogP contribution in [0.5, 0.6) is 0 Å². The van der Waals surface area contributed by atoms with Gasteiger partial charge >= 0.3 is 0 Å². The lowest BCUT2D eigenvalue weighted by Gasteiger charge is -2.19. The molecular formula is C20H29IN4O3. The molecule has 0 spiro atoms. The number of rotatable bonds is 8. The summed E-state index contributed by atoms with van der Waals surface area (Å²) in [6.07, 6.45) is 0. The molecule has 1 heterocycles. The Balaban J connectivity index is 0.00000392. The first-order valence-corrected chi connectivity index (χ1v) is 9.07. The van der Waals surface area contributed by atoms with Crippen molar-refractivity contribution in [2.75, 3.05) is 26.2 Å². The van der Waals surface area contributed by atoms with E-state index in [1.165, 1.54) is 0 Å². The molecule has 0 saturated carbocycles. The lowest BCUT2D eigenvalue weighted by molar-refractivity contribution is 0.0428. The van der Waals surface area contributed by atoms with E-state index >= 15 is 0 Å². The molecule has 0 radical (unpaired) electrons. The predicted molar refractivity (Wildman–Crippen MR) is 121 cm³/mol. The molecule has 0 bridgehead atoms. The molecule has 0 aliphatic rings. The molecule has 0 fully saturated rings. The number of furan rings is 1. The quantitative estimate of drug-likeness (QED) is 0.193. The van der Waals surface area contributed by atoms with Crippen LogP contribution in [0.25, 0.3) is 0 Å². The molecule has 8 heteroatoms. The van der Waals surface area contributed by atoms with Crippen molar-refractivity contribution >= 4 is 35.8 Å². The van der Waals surface area contributed by atoms with Crippen LogP contribution in [0.4, 0.5) is 0 Å². The van der Waals surface area contributed by atoms with Gasteiger partial charge in [0.15, 0.2) is 5.96 Å². The Morgan fingerprint density at radius 1 is 1.11 bits per heavy atom. The third kappa shape index (κ3) is 7.51. The number of nitrogens with zero attached hydrogens (tertiary/aromatic N) is 1. The average molecular weight is 500 g/mol. The summed E-state index contributed by atoms with van der Waals surface area (Å²) in [5.74, 6) is 1.67. The van der Waals surface area contributed by atoms with Crippen LogP contribution in [0.3, 0.4) is 0 Å². The van der Waals surface area contributed by atoms with E-state index in [0.717, 1.165) is 5.76 Å². The molecule has 4 N–H and O–H groups in total. The fraction of sp³-hybridized carbons (Fsp3) is 0.400. The number of hydrogen-bond donors (Lipinski definition) is 4. The molecule has 1 unspecified atom stereocenters. The highest BCUT2D eigenvalue weighted by Crippen LogP contribution is 2.22. The lowest BCUT2D eigenvalue weighted by atomic mass is 10.0. The van der Waals surface area contributed by atoms with Gasteiger partial charge in [0.05, 0.1) is 6.54 Å². The minimum absolute atomic E-state index is 0. The number of aryl methyl sites for hydroxylation is 1. The highest BCUT2D eigenvalue weighted by molar-refractivity contribution is 14.0. The van der Waals surface area contributed by atoms with Gasteiger partial charge in [0, 0.05) is 25.2 Å². The maximum absolute atomic E-state index is 12.0. The third-order valence-electron chi connectivity index (χ3n) is 3.90. The maximum Gasteiger partial charge on any atom is 0.251 e. The van der Waals surface area contributed by atoms with Gasteiger partial charge in [0.2, 0.25) is 0 Å². The van der Waals surface area contributed by atoms with E-state index in [1.54, 1.807) is 25.1 Å². The second kappa shape index (κ2) is 11.7. The summed E-state index contributed by atoms with van der Waals surface area (Å²) < 4.78 is 5.50. The van der Waals surface area contributed by atoms with Crippen LogP contribution >= 0.6 is 24.0 Å². The maximum atomic E-state index is 12.0. The van der Waals surface area contributed by atoms with Gasteiger partial charge in [0.25, 0.3) is 5.91 Å². The van der Waals surface area contributed by atoms with Crippen molar-refractivity contribution in [3.63, 3.8) is 0 Å². The van der Waals surface area contributed by atoms with E-state index in [1.807, 2.05) is 38.1 Å². The Labute approximate surface area is 183 Å². The Kier molecular flexibility index (Phi) is 10.0. The van der Waals surface area contributed by atoms with Crippen molar-refractivity contribution in [2.45, 2.75) is 26.4 Å². The SMILES string of the molecule is CCNC(=NCC(C)(O)c1ccc(C)o1)NCCNC(=O)c1ccccc1.I. The number of amides is 1. The molecule has 2 aromatic rings. The van der Waals surface area contributed by atoms with Crippen molar-refractivity contribution < 1.29 is 14.3 Å². The van der Waals surface area contributed by atoms with E-state index < -0.39 is 5.60 Å². The predicted octanol–water partition coefficient (Wildman–Crippen LogP) is 2.40. The number of benzene rings is 1. The van der Waals surface area contributed by atoms with Crippen molar-refractivity contribution in [1.29, 1.82) is 0 Å². The molecule has 1 atom stereocenters. The number of halogens is 1. The normalized spacial score (nSPS) is 13.2. The molecule has 1 aromatic carbocycles. The van der Waals surface area contributed by atoms with E-state index in [0.29, 0.717) is 36.9 Å². The smallest absolute Gasteiger partial charge is 0.251 e. The van der Waals surface area contributed by atoms with E-state index in [-0.39, 0.29) is 36.4 Å². The number of nitrogens with one attached hydrogen (secondary N) is 3. The Bertz CT molecular complexity index is 760. The Hall–Kier alpha value is -2.07. The first-order chi connectivity index (χ1) is 12.9. The average Bonchev–Trinajstić information content (AvgIpc) is 3.11. The van der Waals surface area contributed by atoms with Crippen LogP contribution in [0.2, 0.25) is 0 Å². The number of guanidine groups is 1. The van der Waals surface area contributed by atoms with Crippen LogP contribution < -0.4 is 16.0 Å². The highest BCUT2D eigenvalue weighted by Gasteiger charge is 2.26. The monoisotopic (exact) mass is 500 g/mol. The van der Waals surface area contributed by atoms with Gasteiger partial charge < -0.3 is 25.5 Å². The lowest BCUT2D eigenvalue weighted by Crippen LogP contribution is -2.42. The standard InChI is InChI=1S/C20H28N4O3.HI/c1-4-21-19(24-14-20(3,26)17-11-10-15(2)27-17)23-13-12-22-18(25)16-8-6-5-7-9-16;/h5-11,26H,4,12-14H2,1-3H3,(H,22,25)(H2,21,23,24);1H. The number of carbonyl (C=O) groups is 1. The van der Waals surface area contributed by atoms with Gasteiger partial charge in [0.1, 0.15) is 17.1 Å².